The first kappa shape index (κ1) is 15.2. The first-order valence-electron chi connectivity index (χ1n) is 7.33. The fourth-order valence-electron chi connectivity index (χ4n) is 2.32. The number of nitrogens with one attached hydrogen (secondary N) is 1. The third kappa shape index (κ3) is 3.09. The van der Waals surface area contributed by atoms with Crippen molar-refractivity contribution < 1.29 is 14.3 Å². The maximum absolute atomic E-state index is 12.3. The van der Waals surface area contributed by atoms with Crippen molar-refractivity contribution in [1.82, 2.24) is 19.7 Å². The lowest BCUT2D eigenvalue weighted by Gasteiger charge is -2.27. The number of rotatable bonds is 4. The van der Waals surface area contributed by atoms with Gasteiger partial charge in [0.1, 0.15) is 17.7 Å². The van der Waals surface area contributed by atoms with E-state index in [-0.39, 0.29) is 12.2 Å². The molecular formula is C14H17N5O4. The van der Waals surface area contributed by atoms with Crippen LogP contribution in [0.25, 0.3) is 5.82 Å². The molecule has 23 heavy (non-hydrogen) atoms. The van der Waals surface area contributed by atoms with E-state index < -0.39 is 11.5 Å². The van der Waals surface area contributed by atoms with Crippen LogP contribution in [0.5, 0.6) is 0 Å². The lowest BCUT2D eigenvalue weighted by Crippen LogP contribution is -2.37. The average molecular weight is 319 g/mol. The van der Waals surface area contributed by atoms with Crippen LogP contribution in [0.3, 0.4) is 0 Å². The number of aromatic amines is 1. The molecular weight excluding hydrogens is 302 g/mol. The maximum atomic E-state index is 12.3. The van der Waals surface area contributed by atoms with Gasteiger partial charge in [-0.15, -0.1) is 0 Å². The van der Waals surface area contributed by atoms with Crippen LogP contribution in [0.2, 0.25) is 0 Å². The molecule has 0 radical (unpaired) electrons. The molecule has 0 amide bonds. The number of esters is 1. The summed E-state index contributed by atoms with van der Waals surface area (Å²) in [5.41, 5.74) is -0.562. The highest BCUT2D eigenvalue weighted by molar-refractivity contribution is 5.88. The van der Waals surface area contributed by atoms with Crippen molar-refractivity contribution in [3.8, 4) is 5.82 Å². The molecule has 1 fully saturated rings. The van der Waals surface area contributed by atoms with Crippen molar-refractivity contribution in [1.29, 1.82) is 0 Å². The van der Waals surface area contributed by atoms with Crippen molar-refractivity contribution in [3.05, 3.63) is 34.5 Å². The molecule has 0 aromatic carbocycles. The summed E-state index contributed by atoms with van der Waals surface area (Å²) in [7, 11) is 0. The Hall–Kier alpha value is -2.68. The van der Waals surface area contributed by atoms with Gasteiger partial charge in [-0.05, 0) is 6.92 Å². The molecule has 0 bridgehead atoms. The lowest BCUT2D eigenvalue weighted by molar-refractivity contribution is 0.0525. The van der Waals surface area contributed by atoms with Gasteiger partial charge in [-0.25, -0.2) is 19.4 Å². The Kier molecular flexibility index (Phi) is 4.38. The topological polar surface area (TPSA) is 102 Å². The Morgan fingerprint density at radius 1 is 1.35 bits per heavy atom. The maximum Gasteiger partial charge on any atom is 0.345 e. The van der Waals surface area contributed by atoms with Gasteiger partial charge in [0.2, 0.25) is 0 Å². The van der Waals surface area contributed by atoms with Crippen molar-refractivity contribution in [2.75, 3.05) is 37.8 Å². The summed E-state index contributed by atoms with van der Waals surface area (Å²) in [6.45, 7) is 4.61. The average Bonchev–Trinajstić information content (AvgIpc) is 2.98. The Morgan fingerprint density at radius 3 is 2.83 bits per heavy atom. The molecule has 1 saturated heterocycles. The minimum Gasteiger partial charge on any atom is -0.462 e. The minimum atomic E-state index is -0.657. The Bertz CT molecular complexity index is 748. The van der Waals surface area contributed by atoms with Crippen LogP contribution in [0.4, 0.5) is 5.82 Å². The lowest BCUT2D eigenvalue weighted by atomic mass is 10.3. The van der Waals surface area contributed by atoms with Gasteiger partial charge >= 0.3 is 5.97 Å². The molecule has 1 aliphatic heterocycles. The molecule has 0 aliphatic carbocycles. The summed E-state index contributed by atoms with van der Waals surface area (Å²) in [5.74, 6) is 0.412. The molecule has 0 atom stereocenters. The molecule has 0 spiro atoms. The molecule has 9 nitrogen and oxygen atoms in total. The summed E-state index contributed by atoms with van der Waals surface area (Å²) in [6, 6.07) is 1.69. The van der Waals surface area contributed by atoms with Gasteiger partial charge in [0.05, 0.1) is 19.8 Å². The third-order valence-electron chi connectivity index (χ3n) is 3.47. The zero-order valence-electron chi connectivity index (χ0n) is 12.7. The highest BCUT2D eigenvalue weighted by Gasteiger charge is 2.18. The van der Waals surface area contributed by atoms with E-state index in [0.717, 1.165) is 13.1 Å². The number of carbonyl (C=O) groups is 1. The van der Waals surface area contributed by atoms with Gasteiger partial charge < -0.3 is 14.4 Å². The molecule has 0 unspecified atom stereocenters. The Balaban J connectivity index is 1.90. The van der Waals surface area contributed by atoms with Gasteiger partial charge in [0, 0.05) is 25.4 Å². The smallest absolute Gasteiger partial charge is 0.345 e. The first-order chi connectivity index (χ1) is 11.2. The Morgan fingerprint density at radius 2 is 2.09 bits per heavy atom. The highest BCUT2D eigenvalue weighted by Crippen LogP contribution is 2.14. The number of carbonyl (C=O) groups excluding carboxylic acids is 1. The van der Waals surface area contributed by atoms with Crippen molar-refractivity contribution in [3.63, 3.8) is 0 Å². The van der Waals surface area contributed by atoms with Crippen LogP contribution < -0.4 is 10.5 Å². The van der Waals surface area contributed by atoms with Gasteiger partial charge in [0.25, 0.3) is 5.56 Å². The SMILES string of the molecule is CCOC(=O)c1c[nH]n(-c2cc(N3CCOCC3)ncn2)c1=O. The van der Waals surface area contributed by atoms with Crippen molar-refractivity contribution >= 4 is 11.8 Å². The van der Waals surface area contributed by atoms with E-state index in [9.17, 15) is 9.59 Å². The second-order valence-electron chi connectivity index (χ2n) is 4.88. The van der Waals surface area contributed by atoms with Crippen LogP contribution in [0, 0.1) is 0 Å². The second-order valence-corrected chi connectivity index (χ2v) is 4.88. The normalized spacial score (nSPS) is 14.7. The fourth-order valence-corrected chi connectivity index (χ4v) is 2.32. The van der Waals surface area contributed by atoms with Gasteiger partial charge in [-0.3, -0.25) is 9.89 Å². The Labute approximate surface area is 131 Å². The quantitative estimate of drug-likeness (QED) is 0.789. The summed E-state index contributed by atoms with van der Waals surface area (Å²) < 4.78 is 11.4. The molecule has 9 heteroatoms. The number of morpholine rings is 1. The number of aromatic nitrogens is 4. The van der Waals surface area contributed by atoms with E-state index in [4.69, 9.17) is 9.47 Å². The number of hydrogen-bond donors (Lipinski definition) is 1. The molecule has 0 saturated carbocycles. The molecule has 3 rings (SSSR count). The van der Waals surface area contributed by atoms with E-state index in [1.54, 1.807) is 13.0 Å². The van der Waals surface area contributed by atoms with Crippen LogP contribution in [0.15, 0.2) is 23.4 Å². The van der Waals surface area contributed by atoms with Crippen LogP contribution in [0.1, 0.15) is 17.3 Å². The number of anilines is 1. The van der Waals surface area contributed by atoms with Gasteiger partial charge in [0.15, 0.2) is 5.82 Å². The molecule has 122 valence electrons. The first-order valence-corrected chi connectivity index (χ1v) is 7.33. The monoisotopic (exact) mass is 319 g/mol. The highest BCUT2D eigenvalue weighted by atomic mass is 16.5. The summed E-state index contributed by atoms with van der Waals surface area (Å²) in [5, 5.41) is 2.73. The number of hydrogen-bond acceptors (Lipinski definition) is 7. The van der Waals surface area contributed by atoms with E-state index in [1.807, 2.05) is 0 Å². The number of H-pyrrole nitrogens is 1. The standard InChI is InChI=1S/C14H17N5O4/c1-2-23-14(21)10-8-17-19(13(10)20)12-7-11(15-9-16-12)18-3-5-22-6-4-18/h7-9,17H,2-6H2,1H3. The third-order valence-corrected chi connectivity index (χ3v) is 3.47. The summed E-state index contributed by atoms with van der Waals surface area (Å²) in [6.07, 6.45) is 2.70. The predicted octanol–water partition coefficient (Wildman–Crippen LogP) is -0.0311. The molecule has 1 aliphatic rings. The van der Waals surface area contributed by atoms with Crippen LogP contribution >= 0.6 is 0 Å². The van der Waals surface area contributed by atoms with Crippen molar-refractivity contribution in [2.24, 2.45) is 0 Å². The van der Waals surface area contributed by atoms with Gasteiger partial charge in [-0.2, -0.15) is 0 Å². The molecule has 2 aromatic heterocycles. The number of ether oxygens (including phenoxy) is 2. The minimum absolute atomic E-state index is 0.0571. The second kappa shape index (κ2) is 6.61. The van der Waals surface area contributed by atoms with Crippen LogP contribution in [-0.2, 0) is 9.47 Å². The summed E-state index contributed by atoms with van der Waals surface area (Å²) >= 11 is 0. The van der Waals surface area contributed by atoms with Crippen molar-refractivity contribution in [2.45, 2.75) is 6.92 Å². The fraction of sp³-hybridized carbons (Fsp3) is 0.429. The zero-order valence-corrected chi connectivity index (χ0v) is 12.7. The molecule has 3 heterocycles. The van der Waals surface area contributed by atoms with E-state index in [2.05, 4.69) is 20.0 Å². The van der Waals surface area contributed by atoms with E-state index in [1.165, 1.54) is 17.2 Å². The van der Waals surface area contributed by atoms with E-state index >= 15 is 0 Å². The molecule has 2 aromatic rings. The number of nitrogens with zero attached hydrogens (tertiary/aromatic N) is 4. The van der Waals surface area contributed by atoms with Gasteiger partial charge in [-0.1, -0.05) is 0 Å². The zero-order chi connectivity index (χ0) is 16.2. The largest absolute Gasteiger partial charge is 0.462 e. The summed E-state index contributed by atoms with van der Waals surface area (Å²) in [4.78, 5) is 34.4. The van der Waals surface area contributed by atoms with Crippen LogP contribution in [-0.4, -0.2) is 58.6 Å². The molecule has 1 N–H and O–H groups in total. The predicted molar refractivity (Wildman–Crippen MR) is 81.0 cm³/mol. The van der Waals surface area contributed by atoms with E-state index in [0.29, 0.717) is 24.8 Å².